The van der Waals surface area contributed by atoms with Crippen LogP contribution in [-0.4, -0.2) is 46.0 Å². The first-order chi connectivity index (χ1) is 18.7. The van der Waals surface area contributed by atoms with Gasteiger partial charge >= 0.3 is 6.09 Å². The molecule has 2 atom stereocenters. The third kappa shape index (κ3) is 8.41. The Morgan fingerprint density at radius 3 is 2.05 bits per heavy atom. The van der Waals surface area contributed by atoms with E-state index in [2.05, 4.69) is 50.4 Å². The van der Waals surface area contributed by atoms with E-state index in [1.807, 2.05) is 81.4 Å². The van der Waals surface area contributed by atoms with Gasteiger partial charge in [0.05, 0.1) is 11.7 Å². The van der Waals surface area contributed by atoms with Gasteiger partial charge in [-0.1, -0.05) is 72.8 Å². The van der Waals surface area contributed by atoms with Gasteiger partial charge in [0.15, 0.2) is 0 Å². The molecule has 0 saturated carbocycles. The van der Waals surface area contributed by atoms with Crippen LogP contribution >= 0.6 is 15.9 Å². The van der Waals surface area contributed by atoms with Crippen molar-refractivity contribution >= 4 is 33.6 Å². The molecule has 1 aliphatic rings. The van der Waals surface area contributed by atoms with Crippen LogP contribution in [0.15, 0.2) is 89.4 Å². The van der Waals surface area contributed by atoms with Crippen LogP contribution < -0.4 is 5.32 Å². The van der Waals surface area contributed by atoms with E-state index in [0.29, 0.717) is 25.3 Å². The number of benzene rings is 3. The van der Waals surface area contributed by atoms with Crippen LogP contribution in [0.2, 0.25) is 0 Å². The van der Waals surface area contributed by atoms with Crippen LogP contribution in [0, 0.1) is 0 Å². The number of anilines is 1. The number of nitrogens with one attached hydrogen (secondary N) is 1. The zero-order chi connectivity index (χ0) is 27.8. The molecule has 1 fully saturated rings. The molecule has 0 aliphatic carbocycles. The fourth-order valence-corrected chi connectivity index (χ4v) is 5.52. The third-order valence-corrected chi connectivity index (χ3v) is 7.53. The first-order valence-corrected chi connectivity index (χ1v) is 14.3. The van der Waals surface area contributed by atoms with E-state index in [1.54, 1.807) is 4.90 Å². The zero-order valence-electron chi connectivity index (χ0n) is 23.0. The topological polar surface area (TPSA) is 61.9 Å². The number of carbonyl (C=O) groups excluding carboxylic acids is 2. The first kappa shape index (κ1) is 28.8. The van der Waals surface area contributed by atoms with E-state index in [0.717, 1.165) is 17.3 Å². The molecular formula is C32H38BrN3O3. The molecule has 6 nitrogen and oxygen atoms in total. The maximum absolute atomic E-state index is 13.4. The molecule has 4 rings (SSSR count). The lowest BCUT2D eigenvalue weighted by molar-refractivity contribution is -0.118. The zero-order valence-corrected chi connectivity index (χ0v) is 24.6. The summed E-state index contributed by atoms with van der Waals surface area (Å²) in [5.41, 5.74) is 2.47. The summed E-state index contributed by atoms with van der Waals surface area (Å²) in [4.78, 5) is 31.1. The van der Waals surface area contributed by atoms with Gasteiger partial charge in [-0.3, -0.25) is 9.69 Å². The van der Waals surface area contributed by atoms with Crippen molar-refractivity contribution in [2.45, 2.75) is 70.8 Å². The van der Waals surface area contributed by atoms with Gasteiger partial charge in [-0.2, -0.15) is 0 Å². The van der Waals surface area contributed by atoms with Gasteiger partial charge in [0.25, 0.3) is 0 Å². The number of ether oxygens (including phenoxy) is 1. The predicted molar refractivity (Wildman–Crippen MR) is 159 cm³/mol. The Bertz CT molecular complexity index is 1190. The Labute approximate surface area is 240 Å². The van der Waals surface area contributed by atoms with Crippen molar-refractivity contribution in [1.82, 2.24) is 9.80 Å². The van der Waals surface area contributed by atoms with Crippen molar-refractivity contribution in [2.24, 2.45) is 0 Å². The minimum atomic E-state index is -0.625. The number of hydrogen-bond donors (Lipinski definition) is 1. The Balaban J connectivity index is 1.65. The number of rotatable bonds is 8. The number of para-hydroxylation sites is 1. The highest BCUT2D eigenvalue weighted by molar-refractivity contribution is 9.10. The summed E-state index contributed by atoms with van der Waals surface area (Å²) in [6, 6.07) is 27.9. The molecule has 1 aliphatic heterocycles. The molecule has 0 aromatic heterocycles. The summed E-state index contributed by atoms with van der Waals surface area (Å²) < 4.78 is 6.64. The summed E-state index contributed by atoms with van der Waals surface area (Å²) >= 11 is 3.52. The predicted octanol–water partition coefficient (Wildman–Crippen LogP) is 7.25. The van der Waals surface area contributed by atoms with Gasteiger partial charge in [-0.05, 0) is 72.8 Å². The normalized spacial score (nSPS) is 17.6. The van der Waals surface area contributed by atoms with Crippen LogP contribution in [0.4, 0.5) is 10.5 Å². The fourth-order valence-electron chi connectivity index (χ4n) is 5.14. The molecule has 7 heteroatoms. The van der Waals surface area contributed by atoms with Crippen LogP contribution in [0.5, 0.6) is 0 Å². The summed E-state index contributed by atoms with van der Waals surface area (Å²) in [6.45, 7) is 7.60. The monoisotopic (exact) mass is 591 g/mol. The number of amides is 2. The first-order valence-electron chi connectivity index (χ1n) is 13.6. The molecule has 1 N–H and O–H groups in total. The van der Waals surface area contributed by atoms with Crippen LogP contribution in [0.3, 0.4) is 0 Å². The van der Waals surface area contributed by atoms with Crippen molar-refractivity contribution in [2.75, 3.05) is 11.9 Å². The molecule has 39 heavy (non-hydrogen) atoms. The number of halogens is 1. The summed E-state index contributed by atoms with van der Waals surface area (Å²) in [7, 11) is 0. The average Bonchev–Trinajstić information content (AvgIpc) is 2.90. The molecule has 0 spiro atoms. The van der Waals surface area contributed by atoms with Crippen molar-refractivity contribution in [1.29, 1.82) is 0 Å². The van der Waals surface area contributed by atoms with Gasteiger partial charge in [-0.25, -0.2) is 4.79 Å². The Kier molecular flexibility index (Phi) is 9.81. The number of likely N-dealkylation sites (tertiary alicyclic amines) is 1. The minimum absolute atomic E-state index is 0.0309. The lowest BCUT2D eigenvalue weighted by atomic mass is 9.91. The molecule has 3 aromatic rings. The Hall–Kier alpha value is -3.16. The summed E-state index contributed by atoms with van der Waals surface area (Å²) in [6.07, 6.45) is 1.52. The van der Waals surface area contributed by atoms with Crippen molar-refractivity contribution < 1.29 is 14.3 Å². The van der Waals surface area contributed by atoms with Crippen LogP contribution in [0.1, 0.15) is 51.2 Å². The maximum atomic E-state index is 13.4. The smallest absolute Gasteiger partial charge is 0.410 e. The lowest BCUT2D eigenvalue weighted by Gasteiger charge is -2.46. The SMILES string of the molecule is CC(C)(C)OC(=O)N1CCC[C@H](N(Cc2ccccc2)Cc2ccccc2)[C@H]1CC(=O)Nc1ccccc1Br. The second-order valence-electron chi connectivity index (χ2n) is 11.1. The quantitative estimate of drug-likeness (QED) is 0.300. The highest BCUT2D eigenvalue weighted by Gasteiger charge is 2.40. The summed E-state index contributed by atoms with van der Waals surface area (Å²) in [5.74, 6) is -0.133. The number of piperidine rings is 1. The molecule has 1 heterocycles. The van der Waals surface area contributed by atoms with Gasteiger partial charge in [0.2, 0.25) is 5.91 Å². The Morgan fingerprint density at radius 1 is 0.923 bits per heavy atom. The lowest BCUT2D eigenvalue weighted by Crippen LogP contribution is -2.58. The standard InChI is InChI=1S/C32H38BrN3O3/c1-32(2,3)39-31(38)36-20-12-19-28(29(36)21-30(37)34-27-18-11-10-17-26(27)33)35(22-24-13-6-4-7-14-24)23-25-15-8-5-9-16-25/h4-11,13-18,28-29H,12,19-23H2,1-3H3,(H,34,37)/t28-,29+/m0/s1. The van der Waals surface area contributed by atoms with Gasteiger partial charge in [0.1, 0.15) is 5.60 Å². The largest absolute Gasteiger partial charge is 0.444 e. The maximum Gasteiger partial charge on any atom is 0.410 e. The molecule has 3 aromatic carbocycles. The average molecular weight is 593 g/mol. The molecule has 206 valence electrons. The van der Waals surface area contributed by atoms with E-state index in [9.17, 15) is 9.59 Å². The summed E-state index contributed by atoms with van der Waals surface area (Å²) in [5, 5.41) is 3.04. The van der Waals surface area contributed by atoms with E-state index in [-0.39, 0.29) is 30.5 Å². The third-order valence-electron chi connectivity index (χ3n) is 6.84. The minimum Gasteiger partial charge on any atom is -0.444 e. The van der Waals surface area contributed by atoms with Crippen LogP contribution in [-0.2, 0) is 22.6 Å². The van der Waals surface area contributed by atoms with Crippen molar-refractivity contribution in [3.8, 4) is 0 Å². The Morgan fingerprint density at radius 2 is 1.49 bits per heavy atom. The van der Waals surface area contributed by atoms with Gasteiger partial charge in [0, 0.05) is 36.6 Å². The molecule has 1 saturated heterocycles. The van der Waals surface area contributed by atoms with Crippen molar-refractivity contribution in [3.05, 3.63) is 101 Å². The van der Waals surface area contributed by atoms with Gasteiger partial charge < -0.3 is 15.0 Å². The molecule has 0 unspecified atom stereocenters. The van der Waals surface area contributed by atoms with E-state index >= 15 is 0 Å². The molecule has 0 bridgehead atoms. The van der Waals surface area contributed by atoms with E-state index in [1.165, 1.54) is 11.1 Å². The second-order valence-corrected chi connectivity index (χ2v) is 11.9. The number of carbonyl (C=O) groups is 2. The molecule has 2 amide bonds. The molecular weight excluding hydrogens is 554 g/mol. The second kappa shape index (κ2) is 13.3. The highest BCUT2D eigenvalue weighted by atomic mass is 79.9. The molecule has 0 radical (unpaired) electrons. The van der Waals surface area contributed by atoms with Crippen LogP contribution in [0.25, 0.3) is 0 Å². The van der Waals surface area contributed by atoms with Gasteiger partial charge in [-0.15, -0.1) is 0 Å². The fraction of sp³-hybridized carbons (Fsp3) is 0.375. The van der Waals surface area contributed by atoms with E-state index in [4.69, 9.17) is 4.74 Å². The van der Waals surface area contributed by atoms with E-state index < -0.39 is 5.60 Å². The number of hydrogen-bond acceptors (Lipinski definition) is 4. The number of nitrogens with zero attached hydrogens (tertiary/aromatic N) is 2. The van der Waals surface area contributed by atoms with Crippen molar-refractivity contribution in [3.63, 3.8) is 0 Å². The highest BCUT2D eigenvalue weighted by Crippen LogP contribution is 2.30.